The Morgan fingerprint density at radius 1 is 1.44 bits per heavy atom. The number of aromatic hydroxyl groups is 1. The zero-order valence-electron chi connectivity index (χ0n) is 8.46. The summed E-state index contributed by atoms with van der Waals surface area (Å²) in [5.74, 6) is -0.0574. The Labute approximate surface area is 91.2 Å². The molecule has 0 bridgehead atoms. The Kier molecular flexibility index (Phi) is 3.59. The molecule has 0 heterocycles. The molecule has 0 aliphatic carbocycles. The largest absolute Gasteiger partial charge is 0.508 e. The zero-order chi connectivity index (χ0) is 12.3. The molecule has 0 unspecified atom stereocenters. The van der Waals surface area contributed by atoms with Crippen LogP contribution < -0.4 is 5.73 Å². The lowest BCUT2D eigenvalue weighted by molar-refractivity contribution is -0.149. The lowest BCUT2D eigenvalue weighted by atomic mass is 10.0. The van der Waals surface area contributed by atoms with Crippen LogP contribution in [0.25, 0.3) is 0 Å². The number of benzene rings is 1. The monoisotopic (exact) mass is 231 g/mol. The number of rotatable bonds is 3. The lowest BCUT2D eigenvalue weighted by Gasteiger charge is -2.16. The fraction of sp³-hybridized carbons (Fsp3) is 0.273. The van der Waals surface area contributed by atoms with Crippen LogP contribution in [-0.4, -0.2) is 11.3 Å². The Hall–Kier alpha value is -1.49. The fourth-order valence-electron chi connectivity index (χ4n) is 1.31. The first kappa shape index (κ1) is 12.6. The van der Waals surface area contributed by atoms with Gasteiger partial charge in [0.25, 0.3) is 0 Å². The highest BCUT2D eigenvalue weighted by molar-refractivity contribution is 5.38. The Morgan fingerprint density at radius 2 is 2.06 bits per heavy atom. The summed E-state index contributed by atoms with van der Waals surface area (Å²) in [4.78, 5) is 0. The molecule has 1 atom stereocenters. The quantitative estimate of drug-likeness (QED) is 0.785. The second-order valence-electron chi connectivity index (χ2n) is 3.40. The predicted octanol–water partition coefficient (Wildman–Crippen LogP) is 2.68. The molecule has 0 aromatic heterocycles. The van der Waals surface area contributed by atoms with E-state index >= 15 is 0 Å². The normalized spacial score (nSPS) is 13.5. The Morgan fingerprint density at radius 3 is 2.56 bits per heavy atom. The van der Waals surface area contributed by atoms with Gasteiger partial charge in [-0.25, -0.2) is 0 Å². The van der Waals surface area contributed by atoms with Gasteiger partial charge in [0.15, 0.2) is 0 Å². The van der Waals surface area contributed by atoms with Crippen LogP contribution in [0.4, 0.5) is 13.2 Å². The molecule has 1 rings (SSSR count). The molecule has 5 heteroatoms. The van der Waals surface area contributed by atoms with Crippen molar-refractivity contribution >= 4 is 0 Å². The molecule has 0 saturated carbocycles. The smallest absolute Gasteiger partial charge is 0.407 e. The minimum Gasteiger partial charge on any atom is -0.508 e. The molecular formula is C11H12F3NO. The van der Waals surface area contributed by atoms with E-state index in [4.69, 9.17) is 5.73 Å². The average Bonchev–Trinajstić information content (AvgIpc) is 2.19. The number of hydrogen-bond donors (Lipinski definition) is 2. The van der Waals surface area contributed by atoms with Crippen LogP contribution in [-0.2, 0) is 6.42 Å². The summed E-state index contributed by atoms with van der Waals surface area (Å²) in [5.41, 5.74) is 5.37. The molecule has 88 valence electrons. The molecule has 1 aromatic carbocycles. The van der Waals surface area contributed by atoms with Crippen molar-refractivity contribution < 1.29 is 18.3 Å². The number of halogens is 3. The van der Waals surface area contributed by atoms with Gasteiger partial charge in [0, 0.05) is 0 Å². The van der Waals surface area contributed by atoms with Gasteiger partial charge in [-0.15, -0.1) is 6.58 Å². The molecule has 0 aliphatic heterocycles. The van der Waals surface area contributed by atoms with Gasteiger partial charge in [-0.05, 0) is 29.7 Å². The van der Waals surface area contributed by atoms with Gasteiger partial charge in [0.2, 0.25) is 0 Å². The molecule has 2 nitrogen and oxygen atoms in total. The van der Waals surface area contributed by atoms with Gasteiger partial charge in [-0.3, -0.25) is 0 Å². The summed E-state index contributed by atoms with van der Waals surface area (Å²) >= 11 is 0. The topological polar surface area (TPSA) is 46.2 Å². The third kappa shape index (κ3) is 2.76. The first-order chi connectivity index (χ1) is 7.36. The van der Waals surface area contributed by atoms with Gasteiger partial charge < -0.3 is 10.8 Å². The van der Waals surface area contributed by atoms with E-state index in [9.17, 15) is 18.3 Å². The number of allylic oxidation sites excluding steroid dienone is 1. The van der Waals surface area contributed by atoms with Crippen LogP contribution in [0.15, 0.2) is 30.9 Å². The third-order valence-electron chi connectivity index (χ3n) is 2.18. The summed E-state index contributed by atoms with van der Waals surface area (Å²) in [7, 11) is 0. The van der Waals surface area contributed by atoms with Crippen molar-refractivity contribution in [3.63, 3.8) is 0 Å². The van der Waals surface area contributed by atoms with Gasteiger partial charge in [-0.2, -0.15) is 13.2 Å². The molecule has 0 aliphatic rings. The first-order valence-corrected chi connectivity index (χ1v) is 4.61. The van der Waals surface area contributed by atoms with Crippen LogP contribution >= 0.6 is 0 Å². The van der Waals surface area contributed by atoms with Crippen molar-refractivity contribution in [3.8, 4) is 5.75 Å². The first-order valence-electron chi connectivity index (χ1n) is 4.61. The molecule has 0 spiro atoms. The van der Waals surface area contributed by atoms with E-state index < -0.39 is 12.2 Å². The Bertz CT molecular complexity index is 387. The summed E-state index contributed by atoms with van der Waals surface area (Å²) in [6.07, 6.45) is -2.69. The van der Waals surface area contributed by atoms with Crippen molar-refractivity contribution in [1.82, 2.24) is 0 Å². The van der Waals surface area contributed by atoms with Gasteiger partial charge in [-0.1, -0.05) is 12.1 Å². The van der Waals surface area contributed by atoms with Crippen molar-refractivity contribution in [3.05, 3.63) is 42.0 Å². The maximum atomic E-state index is 12.3. The van der Waals surface area contributed by atoms with E-state index in [0.717, 1.165) is 0 Å². The highest BCUT2D eigenvalue weighted by Crippen LogP contribution is 2.32. The molecule has 0 radical (unpaired) electrons. The summed E-state index contributed by atoms with van der Waals surface area (Å²) < 4.78 is 37.0. The van der Waals surface area contributed by atoms with E-state index in [1.807, 2.05) is 0 Å². The van der Waals surface area contributed by atoms with Crippen LogP contribution in [0, 0.1) is 0 Å². The van der Waals surface area contributed by atoms with Crippen LogP contribution in [0.1, 0.15) is 17.2 Å². The van der Waals surface area contributed by atoms with E-state index in [2.05, 4.69) is 6.58 Å². The second-order valence-corrected chi connectivity index (χ2v) is 3.40. The standard InChI is InChI=1S/C11H12F3NO/c1-2-3-7-6-8(4-5-9(7)16)10(15)11(12,13)14/h2,4-6,10,16H,1,3,15H2/t10-/m1/s1. The van der Waals surface area contributed by atoms with Crippen molar-refractivity contribution in [2.24, 2.45) is 5.73 Å². The molecule has 3 N–H and O–H groups in total. The maximum Gasteiger partial charge on any atom is 0.407 e. The van der Waals surface area contributed by atoms with Crippen molar-refractivity contribution in [1.29, 1.82) is 0 Å². The minimum absolute atomic E-state index is 0.0574. The number of phenols is 1. The number of nitrogens with two attached hydrogens (primary N) is 1. The van der Waals surface area contributed by atoms with Crippen molar-refractivity contribution in [2.75, 3.05) is 0 Å². The minimum atomic E-state index is -4.48. The maximum absolute atomic E-state index is 12.3. The summed E-state index contributed by atoms with van der Waals surface area (Å²) in [6, 6.07) is 1.59. The Balaban J connectivity index is 3.07. The molecule has 1 aromatic rings. The van der Waals surface area contributed by atoms with Gasteiger partial charge >= 0.3 is 6.18 Å². The third-order valence-corrected chi connectivity index (χ3v) is 2.18. The predicted molar refractivity (Wildman–Crippen MR) is 55.0 cm³/mol. The highest BCUT2D eigenvalue weighted by Gasteiger charge is 2.37. The fourth-order valence-corrected chi connectivity index (χ4v) is 1.31. The van der Waals surface area contributed by atoms with Crippen LogP contribution in [0.5, 0.6) is 5.75 Å². The number of phenolic OH excluding ortho intramolecular Hbond substituents is 1. The van der Waals surface area contributed by atoms with Crippen LogP contribution in [0.2, 0.25) is 0 Å². The molecule has 0 fully saturated rings. The average molecular weight is 231 g/mol. The summed E-state index contributed by atoms with van der Waals surface area (Å²) in [6.45, 7) is 3.46. The van der Waals surface area contributed by atoms with E-state index in [-0.39, 0.29) is 11.3 Å². The zero-order valence-corrected chi connectivity index (χ0v) is 8.46. The summed E-state index contributed by atoms with van der Waals surface area (Å²) in [5, 5.41) is 9.38. The van der Waals surface area contributed by atoms with Crippen molar-refractivity contribution in [2.45, 2.75) is 18.6 Å². The number of alkyl halides is 3. The highest BCUT2D eigenvalue weighted by atomic mass is 19.4. The van der Waals surface area contributed by atoms with E-state index in [1.54, 1.807) is 0 Å². The van der Waals surface area contributed by atoms with E-state index in [0.29, 0.717) is 12.0 Å². The van der Waals surface area contributed by atoms with Gasteiger partial charge in [0.1, 0.15) is 11.8 Å². The lowest BCUT2D eigenvalue weighted by Crippen LogP contribution is -2.28. The number of hydrogen-bond acceptors (Lipinski definition) is 2. The van der Waals surface area contributed by atoms with Crippen LogP contribution in [0.3, 0.4) is 0 Å². The van der Waals surface area contributed by atoms with E-state index in [1.165, 1.54) is 24.3 Å². The molecule has 0 amide bonds. The van der Waals surface area contributed by atoms with Gasteiger partial charge in [0.05, 0.1) is 0 Å². The SMILES string of the molecule is C=CCc1cc([C@@H](N)C(F)(F)F)ccc1O. The second kappa shape index (κ2) is 4.57. The molecule has 0 saturated heterocycles. The molecule has 16 heavy (non-hydrogen) atoms. The molecular weight excluding hydrogens is 219 g/mol.